The zero-order valence-corrected chi connectivity index (χ0v) is 13.8. The molecule has 6 nitrogen and oxygen atoms in total. The van der Waals surface area contributed by atoms with Gasteiger partial charge in [0.15, 0.2) is 0 Å². The van der Waals surface area contributed by atoms with E-state index < -0.39 is 21.7 Å². The Bertz CT molecular complexity index is 825. The Morgan fingerprint density at radius 2 is 1.79 bits per heavy atom. The molecule has 2 heterocycles. The fraction of sp³-hybridized carbons (Fsp3) is 0.312. The lowest BCUT2D eigenvalue weighted by Gasteiger charge is -2.25. The molecule has 2 N–H and O–H groups in total. The van der Waals surface area contributed by atoms with Gasteiger partial charge in [-0.15, -0.1) is 0 Å². The van der Waals surface area contributed by atoms with Crippen LogP contribution in [0.15, 0.2) is 41.4 Å². The highest BCUT2D eigenvalue weighted by Crippen LogP contribution is 2.21. The van der Waals surface area contributed by atoms with Gasteiger partial charge in [0.2, 0.25) is 10.0 Å². The summed E-state index contributed by atoms with van der Waals surface area (Å²) in [6.45, 7) is 1.01. The molecule has 1 amide bonds. The fourth-order valence-electron chi connectivity index (χ4n) is 2.64. The van der Waals surface area contributed by atoms with Crippen LogP contribution >= 0.6 is 0 Å². The SMILES string of the molecule is O=C(Nc1ccc(F)cc1)c1cc(S(=O)(=O)N2CCCCC2)c[nH]1. The molecule has 0 atom stereocenters. The summed E-state index contributed by atoms with van der Waals surface area (Å²) in [5.74, 6) is -0.885. The van der Waals surface area contributed by atoms with Crippen LogP contribution in [0.2, 0.25) is 0 Å². The number of carbonyl (C=O) groups is 1. The Labute approximate surface area is 139 Å². The smallest absolute Gasteiger partial charge is 0.272 e. The van der Waals surface area contributed by atoms with E-state index in [0.29, 0.717) is 18.8 Å². The molecule has 0 saturated carbocycles. The molecule has 128 valence electrons. The van der Waals surface area contributed by atoms with Crippen molar-refractivity contribution >= 4 is 21.6 Å². The largest absolute Gasteiger partial charge is 0.356 e. The summed E-state index contributed by atoms with van der Waals surface area (Å²) >= 11 is 0. The Kier molecular flexibility index (Phi) is 4.68. The molecule has 1 aromatic heterocycles. The quantitative estimate of drug-likeness (QED) is 0.888. The van der Waals surface area contributed by atoms with E-state index in [1.807, 2.05) is 0 Å². The molecule has 0 spiro atoms. The number of piperidine rings is 1. The van der Waals surface area contributed by atoms with Crippen molar-refractivity contribution in [3.63, 3.8) is 0 Å². The molecule has 8 heteroatoms. The first-order chi connectivity index (χ1) is 11.5. The topological polar surface area (TPSA) is 82.3 Å². The van der Waals surface area contributed by atoms with E-state index in [-0.39, 0.29) is 10.6 Å². The van der Waals surface area contributed by atoms with Gasteiger partial charge in [-0.1, -0.05) is 6.42 Å². The molecule has 1 aliphatic heterocycles. The average Bonchev–Trinajstić information content (AvgIpc) is 3.09. The average molecular weight is 351 g/mol. The summed E-state index contributed by atoms with van der Waals surface area (Å²) < 4.78 is 39.4. The van der Waals surface area contributed by atoms with Gasteiger partial charge in [-0.25, -0.2) is 12.8 Å². The summed E-state index contributed by atoms with van der Waals surface area (Å²) in [5, 5.41) is 2.58. The molecule has 1 aliphatic rings. The highest BCUT2D eigenvalue weighted by atomic mass is 32.2. The van der Waals surface area contributed by atoms with Crippen LogP contribution in [0.3, 0.4) is 0 Å². The first-order valence-corrected chi connectivity index (χ1v) is 9.16. The molecule has 3 rings (SSSR count). The number of halogens is 1. The number of carbonyl (C=O) groups excluding carboxylic acids is 1. The minimum absolute atomic E-state index is 0.0775. The molecule has 1 aromatic carbocycles. The van der Waals surface area contributed by atoms with Crippen LogP contribution in [-0.4, -0.2) is 36.7 Å². The number of nitrogens with one attached hydrogen (secondary N) is 2. The van der Waals surface area contributed by atoms with E-state index in [9.17, 15) is 17.6 Å². The van der Waals surface area contributed by atoms with Gasteiger partial charge < -0.3 is 10.3 Å². The number of aromatic nitrogens is 1. The summed E-state index contributed by atoms with van der Waals surface area (Å²) in [5.41, 5.74) is 0.561. The van der Waals surface area contributed by atoms with Crippen molar-refractivity contribution in [2.24, 2.45) is 0 Å². The number of hydrogen-bond donors (Lipinski definition) is 2. The number of hydrogen-bond acceptors (Lipinski definition) is 3. The molecule has 24 heavy (non-hydrogen) atoms. The van der Waals surface area contributed by atoms with Crippen molar-refractivity contribution < 1.29 is 17.6 Å². The lowest BCUT2D eigenvalue weighted by atomic mass is 10.2. The van der Waals surface area contributed by atoms with Crippen LogP contribution < -0.4 is 5.32 Å². The zero-order valence-electron chi connectivity index (χ0n) is 13.0. The van der Waals surface area contributed by atoms with E-state index >= 15 is 0 Å². The van der Waals surface area contributed by atoms with E-state index in [2.05, 4.69) is 10.3 Å². The minimum atomic E-state index is -3.58. The second kappa shape index (κ2) is 6.74. The van der Waals surface area contributed by atoms with Crippen molar-refractivity contribution in [1.29, 1.82) is 0 Å². The monoisotopic (exact) mass is 351 g/mol. The van der Waals surface area contributed by atoms with Crippen molar-refractivity contribution in [1.82, 2.24) is 9.29 Å². The normalized spacial score (nSPS) is 16.0. The lowest BCUT2D eigenvalue weighted by Crippen LogP contribution is -2.35. The summed E-state index contributed by atoms with van der Waals surface area (Å²) in [6, 6.07) is 6.65. The molecule has 0 bridgehead atoms. The van der Waals surface area contributed by atoms with Gasteiger partial charge >= 0.3 is 0 Å². The van der Waals surface area contributed by atoms with Crippen LogP contribution in [-0.2, 0) is 10.0 Å². The molecule has 1 saturated heterocycles. The Morgan fingerprint density at radius 3 is 2.46 bits per heavy atom. The van der Waals surface area contributed by atoms with Gasteiger partial charge in [-0.3, -0.25) is 4.79 Å². The van der Waals surface area contributed by atoms with Gasteiger partial charge in [0, 0.05) is 25.0 Å². The van der Waals surface area contributed by atoms with Crippen LogP contribution in [0.1, 0.15) is 29.8 Å². The minimum Gasteiger partial charge on any atom is -0.356 e. The molecular weight excluding hydrogens is 333 g/mol. The summed E-state index contributed by atoms with van der Waals surface area (Å²) in [6.07, 6.45) is 4.05. The number of aromatic amines is 1. The second-order valence-electron chi connectivity index (χ2n) is 5.67. The Balaban J connectivity index is 1.74. The Hall–Kier alpha value is -2.19. The van der Waals surface area contributed by atoms with Crippen LogP contribution in [0.5, 0.6) is 0 Å². The third-order valence-corrected chi connectivity index (χ3v) is 5.83. The van der Waals surface area contributed by atoms with E-state index in [1.54, 1.807) is 0 Å². The van der Waals surface area contributed by atoms with E-state index in [0.717, 1.165) is 19.3 Å². The number of sulfonamides is 1. The Morgan fingerprint density at radius 1 is 1.12 bits per heavy atom. The lowest BCUT2D eigenvalue weighted by molar-refractivity contribution is 0.102. The standard InChI is InChI=1S/C16H18FN3O3S/c17-12-4-6-13(7-5-12)19-16(21)15-10-14(11-18-15)24(22,23)20-8-2-1-3-9-20/h4-7,10-11,18H,1-3,8-9H2,(H,19,21). The van der Waals surface area contributed by atoms with E-state index in [4.69, 9.17) is 0 Å². The molecule has 1 fully saturated rings. The second-order valence-corrected chi connectivity index (χ2v) is 7.61. The number of nitrogens with zero attached hydrogens (tertiary/aromatic N) is 1. The predicted octanol–water partition coefficient (Wildman–Crippen LogP) is 2.58. The third-order valence-electron chi connectivity index (χ3n) is 3.96. The number of benzene rings is 1. The van der Waals surface area contributed by atoms with Gasteiger partial charge in [0.25, 0.3) is 5.91 Å². The van der Waals surface area contributed by atoms with E-state index in [1.165, 1.54) is 40.8 Å². The molecular formula is C16H18FN3O3S. The van der Waals surface area contributed by atoms with Gasteiger partial charge in [0.1, 0.15) is 16.4 Å². The maximum atomic E-state index is 12.9. The van der Waals surface area contributed by atoms with Crippen LogP contribution in [0.4, 0.5) is 10.1 Å². The van der Waals surface area contributed by atoms with Crippen molar-refractivity contribution in [2.75, 3.05) is 18.4 Å². The number of anilines is 1. The van der Waals surface area contributed by atoms with Crippen LogP contribution in [0, 0.1) is 5.82 Å². The van der Waals surface area contributed by atoms with Gasteiger partial charge in [-0.2, -0.15) is 4.31 Å². The first-order valence-electron chi connectivity index (χ1n) is 7.72. The fourth-order valence-corrected chi connectivity index (χ4v) is 4.15. The summed E-state index contributed by atoms with van der Waals surface area (Å²) in [7, 11) is -3.58. The number of amides is 1. The van der Waals surface area contributed by atoms with Gasteiger partial charge in [-0.05, 0) is 43.2 Å². The molecule has 0 radical (unpaired) electrons. The maximum absolute atomic E-state index is 12.9. The molecule has 0 unspecified atom stereocenters. The van der Waals surface area contributed by atoms with Crippen LogP contribution in [0.25, 0.3) is 0 Å². The highest BCUT2D eigenvalue weighted by Gasteiger charge is 2.27. The van der Waals surface area contributed by atoms with Crippen molar-refractivity contribution in [2.45, 2.75) is 24.2 Å². The summed E-state index contributed by atoms with van der Waals surface area (Å²) in [4.78, 5) is 14.9. The van der Waals surface area contributed by atoms with Crippen molar-refractivity contribution in [3.8, 4) is 0 Å². The first kappa shape index (κ1) is 16.7. The number of H-pyrrole nitrogens is 1. The van der Waals surface area contributed by atoms with Crippen molar-refractivity contribution in [3.05, 3.63) is 48.0 Å². The maximum Gasteiger partial charge on any atom is 0.272 e. The third kappa shape index (κ3) is 3.49. The zero-order chi connectivity index (χ0) is 17.2. The molecule has 2 aromatic rings. The number of rotatable bonds is 4. The predicted molar refractivity (Wildman–Crippen MR) is 87.8 cm³/mol. The van der Waals surface area contributed by atoms with Gasteiger partial charge in [0.05, 0.1) is 0 Å². The highest BCUT2D eigenvalue weighted by molar-refractivity contribution is 7.89. The molecule has 0 aliphatic carbocycles.